The predicted octanol–water partition coefficient (Wildman–Crippen LogP) is 1.52. The number of carbonyl (C=O) groups excluding carboxylic acids is 1. The van der Waals surface area contributed by atoms with Crippen molar-refractivity contribution in [1.82, 2.24) is 15.5 Å². The first-order valence-electron chi connectivity index (χ1n) is 7.79. The van der Waals surface area contributed by atoms with Crippen molar-refractivity contribution in [1.29, 1.82) is 0 Å². The maximum Gasteiger partial charge on any atom is 0.223 e. The highest BCUT2D eigenvalue weighted by Gasteiger charge is 2.37. The third kappa shape index (κ3) is 3.68. The van der Waals surface area contributed by atoms with Gasteiger partial charge < -0.3 is 10.6 Å². The van der Waals surface area contributed by atoms with Crippen LogP contribution in [0.5, 0.6) is 0 Å². The van der Waals surface area contributed by atoms with E-state index in [1.54, 1.807) is 0 Å². The number of nitrogens with one attached hydrogen (secondary N) is 2. The van der Waals surface area contributed by atoms with Crippen LogP contribution in [0.25, 0.3) is 0 Å². The van der Waals surface area contributed by atoms with Crippen LogP contribution < -0.4 is 10.6 Å². The maximum atomic E-state index is 12.3. The zero-order valence-corrected chi connectivity index (χ0v) is 13.9. The molecule has 2 N–H and O–H groups in total. The minimum absolute atomic E-state index is 0.0822. The van der Waals surface area contributed by atoms with E-state index in [4.69, 9.17) is 0 Å². The van der Waals surface area contributed by atoms with Gasteiger partial charge in [0.25, 0.3) is 0 Å². The van der Waals surface area contributed by atoms with Crippen LogP contribution in [0.15, 0.2) is 0 Å². The van der Waals surface area contributed by atoms with Crippen LogP contribution >= 0.6 is 11.8 Å². The van der Waals surface area contributed by atoms with Gasteiger partial charge in [-0.1, -0.05) is 0 Å². The molecule has 0 spiro atoms. The van der Waals surface area contributed by atoms with Gasteiger partial charge in [0.05, 0.1) is 5.66 Å². The summed E-state index contributed by atoms with van der Waals surface area (Å²) in [6, 6.07) is 0. The summed E-state index contributed by atoms with van der Waals surface area (Å²) >= 11 is 2.01. The van der Waals surface area contributed by atoms with Gasteiger partial charge in [0.2, 0.25) is 5.91 Å². The Labute approximate surface area is 127 Å². The molecule has 1 unspecified atom stereocenters. The zero-order chi connectivity index (χ0) is 14.6. The van der Waals surface area contributed by atoms with E-state index in [0.29, 0.717) is 5.92 Å². The number of carbonyl (C=O) groups is 1. The fourth-order valence-corrected chi connectivity index (χ4v) is 4.70. The van der Waals surface area contributed by atoms with Crippen LogP contribution in [0.1, 0.15) is 32.1 Å². The van der Waals surface area contributed by atoms with E-state index in [0.717, 1.165) is 32.2 Å². The Morgan fingerprint density at radius 1 is 1.30 bits per heavy atom. The molecule has 1 saturated carbocycles. The Balaban J connectivity index is 1.76. The van der Waals surface area contributed by atoms with Crippen LogP contribution in [0, 0.1) is 11.8 Å². The van der Waals surface area contributed by atoms with Gasteiger partial charge in [-0.3, -0.25) is 9.69 Å². The second kappa shape index (κ2) is 7.14. The topological polar surface area (TPSA) is 44.4 Å². The summed E-state index contributed by atoms with van der Waals surface area (Å²) in [6.45, 7) is 0.882. The number of amides is 1. The molecule has 0 aromatic rings. The van der Waals surface area contributed by atoms with Crippen LogP contribution in [0.4, 0.5) is 0 Å². The largest absolute Gasteiger partial charge is 0.356 e. The van der Waals surface area contributed by atoms with Crippen molar-refractivity contribution in [3.8, 4) is 0 Å². The third-order valence-corrected chi connectivity index (χ3v) is 6.33. The first kappa shape index (κ1) is 16.1. The molecule has 0 radical (unpaired) electrons. The Bertz CT molecular complexity index is 321. The van der Waals surface area contributed by atoms with E-state index in [1.165, 1.54) is 17.9 Å². The monoisotopic (exact) mass is 299 g/mol. The lowest BCUT2D eigenvalue weighted by atomic mass is 9.80. The Kier molecular flexibility index (Phi) is 5.75. The Morgan fingerprint density at radius 3 is 2.50 bits per heavy atom. The first-order chi connectivity index (χ1) is 9.57. The Hall–Kier alpha value is -0.260. The molecule has 1 saturated heterocycles. The number of thioether (sulfide) groups is 1. The van der Waals surface area contributed by atoms with Gasteiger partial charge in [0.1, 0.15) is 0 Å². The second-order valence-corrected chi connectivity index (χ2v) is 7.57. The number of nitrogens with zero attached hydrogens (tertiary/aromatic N) is 1. The molecular weight excluding hydrogens is 270 g/mol. The highest BCUT2D eigenvalue weighted by atomic mass is 32.2. The summed E-state index contributed by atoms with van der Waals surface area (Å²) in [5.41, 5.74) is 0.0822. The van der Waals surface area contributed by atoms with Gasteiger partial charge in [-0.25, -0.2) is 0 Å². The molecule has 0 aromatic heterocycles. The summed E-state index contributed by atoms with van der Waals surface area (Å²) in [6.07, 6.45) is 5.34. The molecule has 2 rings (SSSR count). The number of hydrogen-bond donors (Lipinski definition) is 2. The molecule has 20 heavy (non-hydrogen) atoms. The molecule has 1 amide bonds. The quantitative estimate of drug-likeness (QED) is 0.756. The smallest absolute Gasteiger partial charge is 0.223 e. The lowest BCUT2D eigenvalue weighted by molar-refractivity contribution is -0.127. The van der Waals surface area contributed by atoms with Crippen LogP contribution in [0.3, 0.4) is 0 Å². The van der Waals surface area contributed by atoms with Gasteiger partial charge in [-0.05, 0) is 70.7 Å². The third-order valence-electron chi connectivity index (χ3n) is 5.09. The summed E-state index contributed by atoms with van der Waals surface area (Å²) in [5, 5.41) is 6.63. The fraction of sp³-hybridized carbons (Fsp3) is 0.933. The summed E-state index contributed by atoms with van der Waals surface area (Å²) in [5.74, 6) is 3.67. The van der Waals surface area contributed by atoms with Gasteiger partial charge >= 0.3 is 0 Å². The molecular formula is C15H29N3OS. The van der Waals surface area contributed by atoms with Crippen molar-refractivity contribution in [3.63, 3.8) is 0 Å². The predicted molar refractivity (Wildman–Crippen MR) is 85.9 cm³/mol. The van der Waals surface area contributed by atoms with Crippen molar-refractivity contribution >= 4 is 17.7 Å². The average molecular weight is 299 g/mol. The summed E-state index contributed by atoms with van der Waals surface area (Å²) in [7, 11) is 6.27. The van der Waals surface area contributed by atoms with Crippen molar-refractivity contribution < 1.29 is 4.79 Å². The summed E-state index contributed by atoms with van der Waals surface area (Å²) in [4.78, 5) is 14.5. The molecule has 5 heteroatoms. The molecule has 0 aromatic carbocycles. The highest BCUT2D eigenvalue weighted by molar-refractivity contribution is 7.99. The fourth-order valence-electron chi connectivity index (χ4n) is 3.41. The van der Waals surface area contributed by atoms with Gasteiger partial charge in [-0.2, -0.15) is 11.8 Å². The van der Waals surface area contributed by atoms with E-state index in [1.807, 2.05) is 18.8 Å². The van der Waals surface area contributed by atoms with E-state index < -0.39 is 0 Å². The van der Waals surface area contributed by atoms with Gasteiger partial charge in [-0.15, -0.1) is 0 Å². The lowest BCUT2D eigenvalue weighted by Crippen LogP contribution is -2.57. The van der Waals surface area contributed by atoms with Gasteiger partial charge in [0.15, 0.2) is 0 Å². The molecule has 116 valence electrons. The van der Waals surface area contributed by atoms with Crippen molar-refractivity contribution in [2.45, 2.75) is 37.8 Å². The van der Waals surface area contributed by atoms with E-state index >= 15 is 0 Å². The maximum absolute atomic E-state index is 12.3. The number of hydrogen-bond acceptors (Lipinski definition) is 4. The van der Waals surface area contributed by atoms with E-state index in [9.17, 15) is 4.79 Å². The van der Waals surface area contributed by atoms with Crippen molar-refractivity contribution in [2.24, 2.45) is 11.8 Å². The molecule has 1 atom stereocenters. The van der Waals surface area contributed by atoms with E-state index in [-0.39, 0.29) is 17.5 Å². The molecule has 1 aliphatic carbocycles. The molecule has 1 aliphatic heterocycles. The highest BCUT2D eigenvalue weighted by Crippen LogP contribution is 2.33. The average Bonchev–Trinajstić information content (AvgIpc) is 2.98. The SMILES string of the molecule is CNC1(N(C)C)CCC(C(=O)NCC2CCSC2)CC1. The minimum atomic E-state index is 0.0822. The second-order valence-electron chi connectivity index (χ2n) is 6.43. The standard InChI is InChI=1S/C15H29N3OS/c1-16-15(18(2)3)7-4-13(5-8-15)14(19)17-10-12-6-9-20-11-12/h12-13,16H,4-11H2,1-3H3,(H,17,19). The van der Waals surface area contributed by atoms with Crippen molar-refractivity contribution in [3.05, 3.63) is 0 Å². The number of rotatable bonds is 5. The molecule has 0 bridgehead atoms. The normalized spacial score (nSPS) is 34.4. The Morgan fingerprint density at radius 2 is 2.00 bits per heavy atom. The van der Waals surface area contributed by atoms with Crippen LogP contribution in [-0.4, -0.2) is 55.7 Å². The zero-order valence-electron chi connectivity index (χ0n) is 13.1. The summed E-state index contributed by atoms with van der Waals surface area (Å²) < 4.78 is 0. The van der Waals surface area contributed by atoms with Crippen LogP contribution in [0.2, 0.25) is 0 Å². The lowest BCUT2D eigenvalue weighted by Gasteiger charge is -2.44. The molecule has 4 nitrogen and oxygen atoms in total. The van der Waals surface area contributed by atoms with Crippen molar-refractivity contribution in [2.75, 3.05) is 39.2 Å². The van der Waals surface area contributed by atoms with Gasteiger partial charge in [0, 0.05) is 12.5 Å². The van der Waals surface area contributed by atoms with Crippen LogP contribution in [-0.2, 0) is 4.79 Å². The molecule has 1 heterocycles. The minimum Gasteiger partial charge on any atom is -0.356 e. The van der Waals surface area contributed by atoms with E-state index in [2.05, 4.69) is 29.6 Å². The molecule has 2 aliphatic rings. The first-order valence-corrected chi connectivity index (χ1v) is 8.94. The molecule has 2 fully saturated rings.